The SMILES string of the molecule is CC1CCC(C(C)C)C(O[C@H]2OC(=O)C(Br)=C2N(C(C)C)C(C)C)C1. The van der Waals surface area contributed by atoms with E-state index in [-0.39, 0.29) is 24.2 Å². The first-order valence-electron chi connectivity index (χ1n) is 9.67. The highest BCUT2D eigenvalue weighted by molar-refractivity contribution is 9.12. The van der Waals surface area contributed by atoms with Crippen LogP contribution in [0.5, 0.6) is 0 Å². The predicted molar refractivity (Wildman–Crippen MR) is 104 cm³/mol. The van der Waals surface area contributed by atoms with Crippen LogP contribution >= 0.6 is 15.9 Å². The quantitative estimate of drug-likeness (QED) is 0.567. The van der Waals surface area contributed by atoms with Gasteiger partial charge in [-0.25, -0.2) is 4.79 Å². The summed E-state index contributed by atoms with van der Waals surface area (Å²) in [6.45, 7) is 15.3. The number of ether oxygens (including phenoxy) is 2. The maximum absolute atomic E-state index is 12.2. The van der Waals surface area contributed by atoms with Crippen LogP contribution in [0.3, 0.4) is 0 Å². The lowest BCUT2D eigenvalue weighted by Gasteiger charge is -2.40. The van der Waals surface area contributed by atoms with Gasteiger partial charge in [-0.2, -0.15) is 0 Å². The summed E-state index contributed by atoms with van der Waals surface area (Å²) < 4.78 is 12.6. The molecule has 144 valence electrons. The zero-order valence-corrected chi connectivity index (χ0v) is 18.3. The van der Waals surface area contributed by atoms with E-state index in [1.165, 1.54) is 12.8 Å². The van der Waals surface area contributed by atoms with Gasteiger partial charge in [-0.3, -0.25) is 0 Å². The number of carbonyl (C=O) groups is 1. The van der Waals surface area contributed by atoms with Crippen LogP contribution in [0.15, 0.2) is 10.2 Å². The van der Waals surface area contributed by atoms with E-state index in [9.17, 15) is 4.79 Å². The number of rotatable bonds is 6. The molecule has 2 aliphatic rings. The van der Waals surface area contributed by atoms with Crippen molar-refractivity contribution < 1.29 is 14.3 Å². The van der Waals surface area contributed by atoms with E-state index in [0.29, 0.717) is 22.2 Å². The lowest BCUT2D eigenvalue weighted by atomic mass is 9.75. The molecule has 0 amide bonds. The second kappa shape index (κ2) is 8.43. The molecule has 1 fully saturated rings. The Hall–Kier alpha value is -0.550. The lowest BCUT2D eigenvalue weighted by molar-refractivity contribution is -0.186. The van der Waals surface area contributed by atoms with Crippen molar-refractivity contribution >= 4 is 21.9 Å². The largest absolute Gasteiger partial charge is 0.426 e. The van der Waals surface area contributed by atoms with Gasteiger partial charge in [-0.05, 0) is 74.2 Å². The van der Waals surface area contributed by atoms with Gasteiger partial charge in [0.15, 0.2) is 0 Å². The molecule has 1 saturated carbocycles. The third kappa shape index (κ3) is 4.60. The Morgan fingerprint density at radius 3 is 2.24 bits per heavy atom. The summed E-state index contributed by atoms with van der Waals surface area (Å²) in [5.41, 5.74) is 0.843. The van der Waals surface area contributed by atoms with E-state index in [4.69, 9.17) is 9.47 Å². The summed E-state index contributed by atoms with van der Waals surface area (Å²) in [4.78, 5) is 14.5. The van der Waals surface area contributed by atoms with Gasteiger partial charge in [-0.1, -0.05) is 27.2 Å². The summed E-state index contributed by atoms with van der Waals surface area (Å²) in [6, 6.07) is 0.517. The molecule has 0 spiro atoms. The Morgan fingerprint density at radius 2 is 1.72 bits per heavy atom. The molecule has 0 N–H and O–H groups in total. The molecule has 2 rings (SSSR count). The highest BCUT2D eigenvalue weighted by Gasteiger charge is 2.42. The monoisotopic (exact) mass is 415 g/mol. The molecule has 25 heavy (non-hydrogen) atoms. The standard InChI is InChI=1S/C20H34BrNO3/c1-11(2)15-9-8-14(7)10-16(15)24-20-18(17(21)19(23)25-20)22(12(3)4)13(5)6/h11-16,20H,8-10H2,1-7H3/t14?,15?,16?,20-/m0/s1. The summed E-state index contributed by atoms with van der Waals surface area (Å²) in [5, 5.41) is 0. The average Bonchev–Trinajstić information content (AvgIpc) is 2.74. The summed E-state index contributed by atoms with van der Waals surface area (Å²) in [5.74, 6) is 1.41. The summed E-state index contributed by atoms with van der Waals surface area (Å²) in [6.07, 6.45) is 3.00. The molecule has 0 saturated heterocycles. The topological polar surface area (TPSA) is 38.8 Å². The smallest absolute Gasteiger partial charge is 0.349 e. The van der Waals surface area contributed by atoms with Crippen molar-refractivity contribution in [1.82, 2.24) is 4.90 Å². The molecule has 0 bridgehead atoms. The van der Waals surface area contributed by atoms with Crippen molar-refractivity contribution in [2.24, 2.45) is 17.8 Å². The molecule has 3 unspecified atom stereocenters. The van der Waals surface area contributed by atoms with Crippen molar-refractivity contribution in [3.63, 3.8) is 0 Å². The van der Waals surface area contributed by atoms with Crippen molar-refractivity contribution in [2.75, 3.05) is 0 Å². The van der Waals surface area contributed by atoms with E-state index >= 15 is 0 Å². The highest BCUT2D eigenvalue weighted by atomic mass is 79.9. The zero-order chi connectivity index (χ0) is 18.9. The van der Waals surface area contributed by atoms with Crippen LogP contribution in [-0.4, -0.2) is 35.3 Å². The van der Waals surface area contributed by atoms with Crippen molar-refractivity contribution in [1.29, 1.82) is 0 Å². The Kier molecular flexibility index (Phi) is 7.00. The van der Waals surface area contributed by atoms with Gasteiger partial charge in [0.2, 0.25) is 6.29 Å². The number of cyclic esters (lactones) is 1. The first-order chi connectivity index (χ1) is 11.6. The van der Waals surface area contributed by atoms with Gasteiger partial charge < -0.3 is 14.4 Å². The summed E-state index contributed by atoms with van der Waals surface area (Å²) in [7, 11) is 0. The molecule has 0 radical (unpaired) electrons. The van der Waals surface area contributed by atoms with Crippen molar-refractivity contribution in [2.45, 2.75) is 92.2 Å². The molecular formula is C20H34BrNO3. The third-order valence-corrected chi connectivity index (χ3v) is 6.22. The van der Waals surface area contributed by atoms with Crippen molar-refractivity contribution in [3.8, 4) is 0 Å². The molecule has 0 aromatic heterocycles. The maximum atomic E-state index is 12.2. The van der Waals surface area contributed by atoms with Gasteiger partial charge in [0.25, 0.3) is 0 Å². The fourth-order valence-electron chi connectivity index (χ4n) is 4.32. The van der Waals surface area contributed by atoms with E-state index in [0.717, 1.165) is 12.1 Å². The fraction of sp³-hybridized carbons (Fsp3) is 0.850. The minimum absolute atomic E-state index is 0.135. The number of hydrogen-bond acceptors (Lipinski definition) is 4. The van der Waals surface area contributed by atoms with Crippen LogP contribution in [0.2, 0.25) is 0 Å². The van der Waals surface area contributed by atoms with Gasteiger partial charge in [0, 0.05) is 12.1 Å². The molecule has 0 aromatic carbocycles. The highest BCUT2D eigenvalue weighted by Crippen LogP contribution is 2.39. The zero-order valence-electron chi connectivity index (χ0n) is 16.7. The molecule has 0 aromatic rings. The van der Waals surface area contributed by atoms with Crippen molar-refractivity contribution in [3.05, 3.63) is 10.2 Å². The average molecular weight is 416 g/mol. The van der Waals surface area contributed by atoms with E-state index < -0.39 is 6.29 Å². The first-order valence-corrected chi connectivity index (χ1v) is 10.5. The molecule has 1 heterocycles. The second-order valence-corrected chi connectivity index (χ2v) is 9.32. The number of nitrogens with zero attached hydrogens (tertiary/aromatic N) is 1. The van der Waals surface area contributed by atoms with Gasteiger partial charge in [-0.15, -0.1) is 0 Å². The molecule has 4 atom stereocenters. The van der Waals surface area contributed by atoms with E-state index in [2.05, 4.69) is 69.3 Å². The predicted octanol–water partition coefficient (Wildman–Crippen LogP) is 5.07. The number of esters is 1. The third-order valence-electron chi connectivity index (χ3n) is 5.49. The minimum atomic E-state index is -0.608. The minimum Gasteiger partial charge on any atom is -0.426 e. The normalized spacial score (nSPS) is 30.6. The van der Waals surface area contributed by atoms with Gasteiger partial charge in [0.1, 0.15) is 10.2 Å². The first kappa shape index (κ1) is 20.8. The summed E-state index contributed by atoms with van der Waals surface area (Å²) >= 11 is 3.45. The van der Waals surface area contributed by atoms with Crippen LogP contribution in [0.4, 0.5) is 0 Å². The Morgan fingerprint density at radius 1 is 1.12 bits per heavy atom. The Balaban J connectivity index is 2.26. The van der Waals surface area contributed by atoms with E-state index in [1.807, 2.05) is 0 Å². The van der Waals surface area contributed by atoms with Gasteiger partial charge >= 0.3 is 5.97 Å². The lowest BCUT2D eigenvalue weighted by Crippen LogP contribution is -2.43. The Labute approximate surface area is 161 Å². The van der Waals surface area contributed by atoms with Gasteiger partial charge in [0.05, 0.1) is 6.10 Å². The molecule has 4 nitrogen and oxygen atoms in total. The van der Waals surface area contributed by atoms with Crippen LogP contribution in [0.1, 0.15) is 67.7 Å². The fourth-order valence-corrected chi connectivity index (χ4v) is 4.81. The molecule has 1 aliphatic heterocycles. The van der Waals surface area contributed by atoms with E-state index in [1.54, 1.807) is 0 Å². The second-order valence-electron chi connectivity index (χ2n) is 8.53. The molecular weight excluding hydrogens is 382 g/mol. The Bertz CT molecular complexity index is 507. The number of carbonyl (C=O) groups excluding carboxylic acids is 1. The molecule has 1 aliphatic carbocycles. The molecule has 5 heteroatoms. The number of halogens is 1. The maximum Gasteiger partial charge on any atom is 0.349 e. The van der Waals surface area contributed by atoms with Crippen LogP contribution in [0, 0.1) is 17.8 Å². The van der Waals surface area contributed by atoms with Crippen LogP contribution in [-0.2, 0) is 14.3 Å². The van der Waals surface area contributed by atoms with Crippen LogP contribution < -0.4 is 0 Å². The number of hydrogen-bond donors (Lipinski definition) is 0. The van der Waals surface area contributed by atoms with Crippen LogP contribution in [0.25, 0.3) is 0 Å².